The highest BCUT2D eigenvalue weighted by atomic mass is 19.4. The Morgan fingerprint density at radius 2 is 1.65 bits per heavy atom. The van der Waals surface area contributed by atoms with E-state index in [0.717, 1.165) is 0 Å². The Hall–Kier alpha value is -2.68. The molecule has 0 aliphatic carbocycles. The van der Waals surface area contributed by atoms with Crippen LogP contribution in [-0.4, -0.2) is 18.8 Å². The molecule has 0 bridgehead atoms. The number of nitrogens with one attached hydrogen (secondary N) is 1. The molecule has 0 aromatic heterocycles. The summed E-state index contributed by atoms with van der Waals surface area (Å²) in [6, 6.07) is 15.5. The normalized spacial score (nSPS) is 13.7. The number of benzene rings is 2. The SMILES string of the molecule is COc1ccc(NC(C#N)(Cc2ccccc2)C(F)(F)F)cc1. The predicted octanol–water partition coefficient (Wildman–Crippen LogP) is 4.17. The molecule has 3 nitrogen and oxygen atoms in total. The zero-order valence-electron chi connectivity index (χ0n) is 12.4. The van der Waals surface area contributed by atoms with Crippen LogP contribution in [0.4, 0.5) is 18.9 Å². The molecule has 6 heteroatoms. The first-order chi connectivity index (χ1) is 10.9. The van der Waals surface area contributed by atoms with Crippen molar-refractivity contribution in [3.05, 3.63) is 60.2 Å². The van der Waals surface area contributed by atoms with Gasteiger partial charge < -0.3 is 10.1 Å². The van der Waals surface area contributed by atoms with Gasteiger partial charge in [-0.25, -0.2) is 0 Å². The lowest BCUT2D eigenvalue weighted by Crippen LogP contribution is -2.52. The summed E-state index contributed by atoms with van der Waals surface area (Å²) in [7, 11) is 1.47. The Balaban J connectivity index is 2.35. The molecule has 1 unspecified atom stereocenters. The second-order valence-electron chi connectivity index (χ2n) is 5.03. The number of nitrogens with zero attached hydrogens (tertiary/aromatic N) is 1. The Bertz CT molecular complexity index is 678. The second-order valence-corrected chi connectivity index (χ2v) is 5.03. The van der Waals surface area contributed by atoms with Crippen molar-refractivity contribution in [2.24, 2.45) is 0 Å². The van der Waals surface area contributed by atoms with E-state index in [1.165, 1.54) is 37.4 Å². The maximum absolute atomic E-state index is 13.6. The molecule has 2 aromatic rings. The predicted molar refractivity (Wildman–Crippen MR) is 81.2 cm³/mol. The first-order valence-corrected chi connectivity index (χ1v) is 6.84. The molecule has 120 valence electrons. The van der Waals surface area contributed by atoms with Crippen LogP contribution in [0.3, 0.4) is 0 Å². The van der Waals surface area contributed by atoms with Gasteiger partial charge in [0.25, 0.3) is 0 Å². The number of rotatable bonds is 5. The molecule has 23 heavy (non-hydrogen) atoms. The number of anilines is 1. The molecule has 0 radical (unpaired) electrons. The van der Waals surface area contributed by atoms with Gasteiger partial charge in [-0.15, -0.1) is 0 Å². The molecule has 0 fully saturated rings. The van der Waals surface area contributed by atoms with Crippen LogP contribution in [0.5, 0.6) is 5.75 Å². The van der Waals surface area contributed by atoms with Gasteiger partial charge in [-0.3, -0.25) is 0 Å². The summed E-state index contributed by atoms with van der Waals surface area (Å²) in [5.41, 5.74) is -2.09. The van der Waals surface area contributed by atoms with E-state index in [4.69, 9.17) is 4.74 Å². The summed E-state index contributed by atoms with van der Waals surface area (Å²) in [5, 5.41) is 11.6. The Morgan fingerprint density at radius 3 is 2.13 bits per heavy atom. The van der Waals surface area contributed by atoms with Gasteiger partial charge in [0.15, 0.2) is 0 Å². The summed E-state index contributed by atoms with van der Waals surface area (Å²) in [5.74, 6) is 0.521. The lowest BCUT2D eigenvalue weighted by molar-refractivity contribution is -0.162. The minimum Gasteiger partial charge on any atom is -0.497 e. The summed E-state index contributed by atoms with van der Waals surface area (Å²) in [6.45, 7) is 0. The molecule has 2 rings (SSSR count). The van der Waals surface area contributed by atoms with Crippen LogP contribution >= 0.6 is 0 Å². The molecular formula is C17H15F3N2O. The first kappa shape index (κ1) is 16.7. The van der Waals surface area contributed by atoms with Crippen LogP contribution in [-0.2, 0) is 6.42 Å². The van der Waals surface area contributed by atoms with Crippen molar-refractivity contribution in [2.75, 3.05) is 12.4 Å². The number of ether oxygens (including phenoxy) is 1. The van der Waals surface area contributed by atoms with Gasteiger partial charge in [0.2, 0.25) is 5.54 Å². The van der Waals surface area contributed by atoms with Crippen molar-refractivity contribution in [3.63, 3.8) is 0 Å². The fourth-order valence-corrected chi connectivity index (χ4v) is 2.17. The Morgan fingerprint density at radius 1 is 1.04 bits per heavy atom. The van der Waals surface area contributed by atoms with E-state index in [1.807, 2.05) is 0 Å². The maximum Gasteiger partial charge on any atom is 0.425 e. The van der Waals surface area contributed by atoms with E-state index in [9.17, 15) is 18.4 Å². The molecule has 1 N–H and O–H groups in total. The number of methoxy groups -OCH3 is 1. The smallest absolute Gasteiger partial charge is 0.425 e. The van der Waals surface area contributed by atoms with Gasteiger partial charge in [0.1, 0.15) is 11.8 Å². The molecule has 0 aliphatic rings. The maximum atomic E-state index is 13.6. The van der Waals surface area contributed by atoms with Crippen LogP contribution in [0, 0.1) is 11.3 Å². The van der Waals surface area contributed by atoms with E-state index < -0.39 is 18.1 Å². The molecular weight excluding hydrogens is 305 g/mol. The molecule has 0 saturated heterocycles. The van der Waals surface area contributed by atoms with Crippen LogP contribution in [0.15, 0.2) is 54.6 Å². The molecule has 2 aromatic carbocycles. The van der Waals surface area contributed by atoms with Crippen molar-refractivity contribution < 1.29 is 17.9 Å². The molecule has 0 spiro atoms. The fourth-order valence-electron chi connectivity index (χ4n) is 2.17. The highest BCUT2D eigenvalue weighted by Gasteiger charge is 2.55. The Labute approximate surface area is 132 Å². The third kappa shape index (κ3) is 3.75. The van der Waals surface area contributed by atoms with E-state index in [-0.39, 0.29) is 5.69 Å². The first-order valence-electron chi connectivity index (χ1n) is 6.84. The lowest BCUT2D eigenvalue weighted by Gasteiger charge is -2.31. The average molecular weight is 320 g/mol. The van der Waals surface area contributed by atoms with Gasteiger partial charge in [0.05, 0.1) is 7.11 Å². The van der Waals surface area contributed by atoms with Crippen LogP contribution < -0.4 is 10.1 Å². The van der Waals surface area contributed by atoms with Gasteiger partial charge in [0, 0.05) is 12.1 Å². The van der Waals surface area contributed by atoms with Crippen LogP contribution in [0.2, 0.25) is 0 Å². The molecule has 1 atom stereocenters. The van der Waals surface area contributed by atoms with Gasteiger partial charge in [-0.1, -0.05) is 30.3 Å². The molecule has 0 amide bonds. The van der Waals surface area contributed by atoms with Crippen molar-refractivity contribution >= 4 is 5.69 Å². The van der Waals surface area contributed by atoms with Crippen molar-refractivity contribution in [1.29, 1.82) is 5.26 Å². The standard InChI is InChI=1S/C17H15F3N2O/c1-23-15-9-7-14(8-10-15)22-16(12-21,17(18,19)20)11-13-5-3-2-4-6-13/h2-10,22H,11H2,1H3. The van der Waals surface area contributed by atoms with Gasteiger partial charge >= 0.3 is 6.18 Å². The minimum absolute atomic E-state index is 0.195. The van der Waals surface area contributed by atoms with Gasteiger partial charge in [-0.2, -0.15) is 18.4 Å². The molecule has 0 aliphatic heterocycles. The van der Waals surface area contributed by atoms with E-state index in [1.54, 1.807) is 30.3 Å². The summed E-state index contributed by atoms with van der Waals surface area (Å²) in [6.07, 6.45) is -5.22. The van der Waals surface area contributed by atoms with Crippen LogP contribution in [0.25, 0.3) is 0 Å². The van der Waals surface area contributed by atoms with Crippen LogP contribution in [0.1, 0.15) is 5.56 Å². The van der Waals surface area contributed by atoms with E-state index >= 15 is 0 Å². The topological polar surface area (TPSA) is 45.0 Å². The monoisotopic (exact) mass is 320 g/mol. The second kappa shape index (κ2) is 6.61. The third-order valence-corrected chi connectivity index (χ3v) is 3.43. The number of hydrogen-bond donors (Lipinski definition) is 1. The third-order valence-electron chi connectivity index (χ3n) is 3.43. The zero-order chi connectivity index (χ0) is 16.9. The average Bonchev–Trinajstić information content (AvgIpc) is 2.54. The number of hydrogen-bond acceptors (Lipinski definition) is 3. The quantitative estimate of drug-likeness (QED) is 0.899. The van der Waals surface area contributed by atoms with Crippen molar-refractivity contribution in [2.45, 2.75) is 18.1 Å². The summed E-state index contributed by atoms with van der Waals surface area (Å²) >= 11 is 0. The minimum atomic E-state index is -4.74. The van der Waals surface area contributed by atoms with Crippen molar-refractivity contribution in [1.82, 2.24) is 0 Å². The zero-order valence-corrected chi connectivity index (χ0v) is 12.4. The molecule has 0 saturated carbocycles. The summed E-state index contributed by atoms with van der Waals surface area (Å²) in [4.78, 5) is 0. The molecule has 0 heterocycles. The largest absolute Gasteiger partial charge is 0.497 e. The highest BCUT2D eigenvalue weighted by molar-refractivity contribution is 5.51. The number of nitriles is 1. The fraction of sp³-hybridized carbons (Fsp3) is 0.235. The highest BCUT2D eigenvalue weighted by Crippen LogP contribution is 2.36. The van der Waals surface area contributed by atoms with E-state index in [0.29, 0.717) is 11.3 Å². The van der Waals surface area contributed by atoms with E-state index in [2.05, 4.69) is 5.32 Å². The lowest BCUT2D eigenvalue weighted by atomic mass is 9.91. The number of halogens is 3. The summed E-state index contributed by atoms with van der Waals surface area (Å²) < 4.78 is 45.7. The number of alkyl halides is 3. The Kier molecular flexibility index (Phi) is 4.80. The van der Waals surface area contributed by atoms with Crippen molar-refractivity contribution in [3.8, 4) is 11.8 Å². The van der Waals surface area contributed by atoms with Gasteiger partial charge in [-0.05, 0) is 29.8 Å².